The Balaban J connectivity index is 1.43. The number of benzene rings is 3. The largest absolute Gasteiger partial charge is 0.322 e. The number of rotatable bonds is 3. The predicted octanol–water partition coefficient (Wildman–Crippen LogP) is 4.44. The Hall–Kier alpha value is -3.73. The summed E-state index contributed by atoms with van der Waals surface area (Å²) in [6.45, 7) is 1.81. The first-order valence-electron chi connectivity index (χ1n) is 10.1. The molecule has 1 aromatic heterocycles. The number of fused-ring (bicyclic) bond motifs is 2. The molecule has 0 saturated carbocycles. The van der Waals surface area contributed by atoms with Crippen LogP contribution in [0.1, 0.15) is 33.7 Å². The second-order valence-corrected chi connectivity index (χ2v) is 7.65. The number of para-hydroxylation sites is 1. The molecule has 0 saturated heterocycles. The van der Waals surface area contributed by atoms with E-state index in [2.05, 4.69) is 22.4 Å². The van der Waals surface area contributed by atoms with Crippen LogP contribution in [0.2, 0.25) is 0 Å². The van der Waals surface area contributed by atoms with Gasteiger partial charge in [-0.3, -0.25) is 14.2 Å². The van der Waals surface area contributed by atoms with Crippen LogP contribution in [0.15, 0.2) is 71.5 Å². The fourth-order valence-electron chi connectivity index (χ4n) is 4.16. The van der Waals surface area contributed by atoms with E-state index in [9.17, 15) is 9.59 Å². The standard InChI is InChI=1S/C25H21N3O2/c1-16-26-23-8-3-2-7-22(23)25(30)28(16)21-13-10-18(11-14-21)24(29)27-20-12-9-17-5-4-6-19(17)15-20/h2-3,7-15H,4-6H2,1H3,(H,27,29). The maximum absolute atomic E-state index is 12.9. The summed E-state index contributed by atoms with van der Waals surface area (Å²) in [4.78, 5) is 30.2. The molecule has 5 heteroatoms. The van der Waals surface area contributed by atoms with E-state index in [1.165, 1.54) is 17.5 Å². The summed E-state index contributed by atoms with van der Waals surface area (Å²) in [6, 6.07) is 20.5. The minimum Gasteiger partial charge on any atom is -0.322 e. The minimum atomic E-state index is -0.166. The van der Waals surface area contributed by atoms with Crippen LogP contribution in [0.4, 0.5) is 5.69 Å². The Morgan fingerprint density at radius 2 is 1.73 bits per heavy atom. The van der Waals surface area contributed by atoms with E-state index in [0.29, 0.717) is 28.0 Å². The number of hydrogen-bond donors (Lipinski definition) is 1. The summed E-state index contributed by atoms with van der Waals surface area (Å²) in [5.41, 5.74) is 5.30. The third kappa shape index (κ3) is 3.18. The fraction of sp³-hybridized carbons (Fsp3) is 0.160. The van der Waals surface area contributed by atoms with Crippen molar-refractivity contribution in [2.45, 2.75) is 26.2 Å². The summed E-state index contributed by atoms with van der Waals surface area (Å²) in [5.74, 6) is 0.439. The van der Waals surface area contributed by atoms with E-state index < -0.39 is 0 Å². The molecule has 1 amide bonds. The van der Waals surface area contributed by atoms with Crippen molar-refractivity contribution in [2.24, 2.45) is 0 Å². The average molecular weight is 395 g/mol. The van der Waals surface area contributed by atoms with Gasteiger partial charge < -0.3 is 5.32 Å². The van der Waals surface area contributed by atoms with E-state index in [1.807, 2.05) is 31.2 Å². The maximum atomic E-state index is 12.9. The summed E-state index contributed by atoms with van der Waals surface area (Å²) >= 11 is 0. The molecule has 30 heavy (non-hydrogen) atoms. The van der Waals surface area contributed by atoms with E-state index >= 15 is 0 Å². The van der Waals surface area contributed by atoms with E-state index in [0.717, 1.165) is 18.5 Å². The number of aryl methyl sites for hydroxylation is 3. The van der Waals surface area contributed by atoms with Crippen LogP contribution in [0.25, 0.3) is 16.6 Å². The molecule has 0 radical (unpaired) electrons. The van der Waals surface area contributed by atoms with Crippen molar-refractivity contribution in [1.29, 1.82) is 0 Å². The van der Waals surface area contributed by atoms with E-state index in [1.54, 1.807) is 34.9 Å². The molecule has 5 rings (SSSR count). The number of carbonyl (C=O) groups excluding carboxylic acids is 1. The molecule has 0 bridgehead atoms. The monoisotopic (exact) mass is 395 g/mol. The molecule has 5 nitrogen and oxygen atoms in total. The first kappa shape index (κ1) is 18.3. The summed E-state index contributed by atoms with van der Waals surface area (Å²) in [5, 5.41) is 3.55. The molecular formula is C25H21N3O2. The van der Waals surface area contributed by atoms with Gasteiger partial charge in [-0.25, -0.2) is 4.98 Å². The van der Waals surface area contributed by atoms with Gasteiger partial charge in [0, 0.05) is 11.3 Å². The molecule has 3 aromatic carbocycles. The molecule has 4 aromatic rings. The zero-order valence-corrected chi connectivity index (χ0v) is 16.7. The molecule has 0 unspecified atom stereocenters. The maximum Gasteiger partial charge on any atom is 0.265 e. The molecule has 0 aliphatic heterocycles. The number of hydrogen-bond acceptors (Lipinski definition) is 3. The van der Waals surface area contributed by atoms with Gasteiger partial charge in [-0.15, -0.1) is 0 Å². The normalized spacial score (nSPS) is 12.7. The van der Waals surface area contributed by atoms with Gasteiger partial charge in [-0.05, 0) is 85.8 Å². The van der Waals surface area contributed by atoms with Gasteiger partial charge in [0.1, 0.15) is 5.82 Å². The number of amides is 1. The van der Waals surface area contributed by atoms with Gasteiger partial charge in [0.05, 0.1) is 16.6 Å². The van der Waals surface area contributed by atoms with Crippen molar-refractivity contribution in [1.82, 2.24) is 9.55 Å². The van der Waals surface area contributed by atoms with Gasteiger partial charge in [0.2, 0.25) is 0 Å². The molecule has 0 atom stereocenters. The quantitative estimate of drug-likeness (QED) is 0.558. The van der Waals surface area contributed by atoms with Gasteiger partial charge in [-0.2, -0.15) is 0 Å². The third-order valence-electron chi connectivity index (χ3n) is 5.69. The highest BCUT2D eigenvalue weighted by molar-refractivity contribution is 6.04. The molecular weight excluding hydrogens is 374 g/mol. The third-order valence-corrected chi connectivity index (χ3v) is 5.69. The van der Waals surface area contributed by atoms with Crippen LogP contribution in [0.5, 0.6) is 0 Å². The van der Waals surface area contributed by atoms with Crippen molar-refractivity contribution < 1.29 is 4.79 Å². The van der Waals surface area contributed by atoms with Crippen LogP contribution in [-0.2, 0) is 12.8 Å². The average Bonchev–Trinajstić information content (AvgIpc) is 3.22. The second-order valence-electron chi connectivity index (χ2n) is 7.65. The summed E-state index contributed by atoms with van der Waals surface area (Å²) in [7, 11) is 0. The van der Waals surface area contributed by atoms with Crippen LogP contribution >= 0.6 is 0 Å². The Bertz CT molecular complexity index is 1340. The van der Waals surface area contributed by atoms with Crippen LogP contribution in [-0.4, -0.2) is 15.5 Å². The fourth-order valence-corrected chi connectivity index (χ4v) is 4.16. The zero-order valence-electron chi connectivity index (χ0n) is 16.7. The first-order chi connectivity index (χ1) is 14.6. The van der Waals surface area contributed by atoms with Gasteiger partial charge >= 0.3 is 0 Å². The smallest absolute Gasteiger partial charge is 0.265 e. The van der Waals surface area contributed by atoms with Crippen molar-refractivity contribution in [2.75, 3.05) is 5.32 Å². The van der Waals surface area contributed by atoms with Crippen molar-refractivity contribution in [3.63, 3.8) is 0 Å². The van der Waals surface area contributed by atoms with Crippen molar-refractivity contribution in [3.8, 4) is 5.69 Å². The molecule has 1 aliphatic carbocycles. The predicted molar refractivity (Wildman–Crippen MR) is 118 cm³/mol. The molecule has 0 spiro atoms. The topological polar surface area (TPSA) is 64.0 Å². The Morgan fingerprint density at radius 1 is 0.967 bits per heavy atom. The lowest BCUT2D eigenvalue weighted by Gasteiger charge is -2.12. The SMILES string of the molecule is Cc1nc2ccccc2c(=O)n1-c1ccc(C(=O)Nc2ccc3c(c2)CCC3)cc1. The second kappa shape index (κ2) is 7.26. The molecule has 1 heterocycles. The van der Waals surface area contributed by atoms with Gasteiger partial charge in [0.15, 0.2) is 0 Å². The molecule has 0 fully saturated rings. The highest BCUT2D eigenvalue weighted by Crippen LogP contribution is 2.25. The number of carbonyl (C=O) groups is 1. The van der Waals surface area contributed by atoms with Gasteiger partial charge in [-0.1, -0.05) is 18.2 Å². The lowest BCUT2D eigenvalue weighted by atomic mass is 10.1. The minimum absolute atomic E-state index is 0.117. The van der Waals surface area contributed by atoms with E-state index in [4.69, 9.17) is 0 Å². The highest BCUT2D eigenvalue weighted by atomic mass is 16.1. The summed E-state index contributed by atoms with van der Waals surface area (Å²) in [6.07, 6.45) is 3.37. The van der Waals surface area contributed by atoms with Crippen LogP contribution in [0.3, 0.4) is 0 Å². The van der Waals surface area contributed by atoms with Crippen molar-refractivity contribution in [3.05, 3.63) is 99.6 Å². The number of anilines is 1. The van der Waals surface area contributed by atoms with Crippen LogP contribution in [0, 0.1) is 6.92 Å². The molecule has 1 N–H and O–H groups in total. The highest BCUT2D eigenvalue weighted by Gasteiger charge is 2.14. The lowest BCUT2D eigenvalue weighted by Crippen LogP contribution is -2.22. The Labute approximate surface area is 174 Å². The Morgan fingerprint density at radius 3 is 2.57 bits per heavy atom. The van der Waals surface area contributed by atoms with Crippen molar-refractivity contribution >= 4 is 22.5 Å². The van der Waals surface area contributed by atoms with Crippen LogP contribution < -0.4 is 10.9 Å². The Kier molecular flexibility index (Phi) is 4.43. The number of aromatic nitrogens is 2. The number of nitrogens with one attached hydrogen (secondary N) is 1. The zero-order chi connectivity index (χ0) is 20.7. The number of nitrogens with zero attached hydrogens (tertiary/aromatic N) is 2. The lowest BCUT2D eigenvalue weighted by molar-refractivity contribution is 0.102. The van der Waals surface area contributed by atoms with Gasteiger partial charge in [0.25, 0.3) is 11.5 Å². The molecule has 148 valence electrons. The van der Waals surface area contributed by atoms with E-state index in [-0.39, 0.29) is 11.5 Å². The summed E-state index contributed by atoms with van der Waals surface area (Å²) < 4.78 is 1.57. The first-order valence-corrected chi connectivity index (χ1v) is 10.1. The molecule has 1 aliphatic rings.